The summed E-state index contributed by atoms with van der Waals surface area (Å²) in [4.78, 5) is 19.2. The lowest BCUT2D eigenvalue weighted by atomic mass is 9.76. The van der Waals surface area contributed by atoms with Crippen LogP contribution in [-0.4, -0.2) is 58.4 Å². The van der Waals surface area contributed by atoms with Gasteiger partial charge < -0.3 is 20.5 Å². The van der Waals surface area contributed by atoms with Crippen molar-refractivity contribution >= 4 is 45.9 Å². The number of thioether (sulfide) groups is 1. The average molecular weight is 543 g/mol. The minimum atomic E-state index is -0.752. The number of fused-ring (bicyclic) bond motifs is 4. The Morgan fingerprint density at radius 3 is 2.89 bits per heavy atom. The standard InChI is InChI=1S/C27H28ClFN4O3S/c1-36-18-2-3-22-19(8-18)27(20(28)11-31-22)24(34)12-33-16-5-15(6-17(33)7-16)30-10-14-4-23-25(9-21(14)29)37-13-26(35)32-23/h2-4,8-9,11,15-17,24,30,34H,5-7,10,12-13H2,1H3,(H,32,35). The summed E-state index contributed by atoms with van der Waals surface area (Å²) >= 11 is 7.86. The molecule has 2 bridgehead atoms. The number of nitrogens with zero attached hydrogens (tertiary/aromatic N) is 2. The summed E-state index contributed by atoms with van der Waals surface area (Å²) in [6.45, 7) is 0.905. The predicted molar refractivity (Wildman–Crippen MR) is 143 cm³/mol. The molecule has 10 heteroatoms. The first kappa shape index (κ1) is 24.9. The van der Waals surface area contributed by atoms with Gasteiger partial charge in [0.2, 0.25) is 5.91 Å². The first-order chi connectivity index (χ1) is 17.9. The summed E-state index contributed by atoms with van der Waals surface area (Å²) in [5, 5.41) is 18.8. The highest BCUT2D eigenvalue weighted by Gasteiger charge is 2.45. The van der Waals surface area contributed by atoms with E-state index < -0.39 is 6.10 Å². The second-order valence-electron chi connectivity index (χ2n) is 9.98. The lowest BCUT2D eigenvalue weighted by Crippen LogP contribution is -2.64. The maximum atomic E-state index is 14.6. The van der Waals surface area contributed by atoms with Crippen molar-refractivity contribution in [3.05, 3.63) is 58.5 Å². The summed E-state index contributed by atoms with van der Waals surface area (Å²) in [6.07, 6.45) is 3.80. The van der Waals surface area contributed by atoms with Crippen molar-refractivity contribution < 1.29 is 19.0 Å². The molecule has 0 spiro atoms. The average Bonchev–Trinajstić information content (AvgIpc) is 2.90. The molecule has 4 aliphatic rings. The van der Waals surface area contributed by atoms with Gasteiger partial charge in [0.1, 0.15) is 11.6 Å². The van der Waals surface area contributed by atoms with Gasteiger partial charge in [-0.2, -0.15) is 0 Å². The molecule has 0 radical (unpaired) electrons. The maximum absolute atomic E-state index is 14.6. The van der Waals surface area contributed by atoms with Crippen molar-refractivity contribution in [3.63, 3.8) is 0 Å². The smallest absolute Gasteiger partial charge is 0.234 e. The number of hydrogen-bond donors (Lipinski definition) is 3. The number of rotatable bonds is 7. The molecule has 2 saturated heterocycles. The Morgan fingerprint density at radius 2 is 2.11 bits per heavy atom. The topological polar surface area (TPSA) is 86.7 Å². The van der Waals surface area contributed by atoms with E-state index in [0.29, 0.717) is 58.5 Å². The van der Waals surface area contributed by atoms with Crippen molar-refractivity contribution in [2.75, 3.05) is 24.7 Å². The van der Waals surface area contributed by atoms with Gasteiger partial charge in [-0.25, -0.2) is 4.39 Å². The number of anilines is 1. The number of nitrogens with one attached hydrogen (secondary N) is 2. The van der Waals surface area contributed by atoms with Crippen molar-refractivity contribution in [1.29, 1.82) is 0 Å². The van der Waals surface area contributed by atoms with Gasteiger partial charge in [-0.05, 0) is 49.6 Å². The summed E-state index contributed by atoms with van der Waals surface area (Å²) in [6, 6.07) is 9.82. The zero-order valence-corrected chi connectivity index (χ0v) is 21.9. The van der Waals surface area contributed by atoms with Gasteiger partial charge in [-0.15, -0.1) is 11.8 Å². The van der Waals surface area contributed by atoms with Crippen molar-refractivity contribution in [3.8, 4) is 5.75 Å². The number of pyridine rings is 1. The zero-order valence-electron chi connectivity index (χ0n) is 20.3. The number of benzene rings is 2. The number of piperidine rings is 1. The van der Waals surface area contributed by atoms with Crippen molar-refractivity contribution in [2.24, 2.45) is 0 Å². The van der Waals surface area contributed by atoms with E-state index in [2.05, 4.69) is 20.5 Å². The number of carbonyl (C=O) groups is 1. The third kappa shape index (κ3) is 4.79. The lowest BCUT2D eigenvalue weighted by molar-refractivity contribution is -0.113. The maximum Gasteiger partial charge on any atom is 0.234 e. The number of aromatic nitrogens is 1. The molecule has 7 rings (SSSR count). The Bertz CT molecular complexity index is 1360. The Labute approximate surface area is 223 Å². The van der Waals surface area contributed by atoms with Crippen LogP contribution in [0.4, 0.5) is 10.1 Å². The highest BCUT2D eigenvalue weighted by Crippen LogP contribution is 2.41. The highest BCUT2D eigenvalue weighted by molar-refractivity contribution is 8.00. The van der Waals surface area contributed by atoms with Gasteiger partial charge in [0, 0.05) is 58.8 Å². The molecule has 1 aromatic heterocycles. The van der Waals surface area contributed by atoms with Crippen LogP contribution in [-0.2, 0) is 11.3 Å². The molecular formula is C27H28ClFN4O3S. The first-order valence-corrected chi connectivity index (χ1v) is 13.8. The molecule has 3 unspecified atom stereocenters. The number of amides is 1. The summed E-state index contributed by atoms with van der Waals surface area (Å²) in [7, 11) is 1.61. The second kappa shape index (κ2) is 10.0. The van der Waals surface area contributed by atoms with Crippen LogP contribution in [0.3, 0.4) is 0 Å². The molecule has 1 aliphatic carbocycles. The summed E-state index contributed by atoms with van der Waals surface area (Å²) in [5.74, 6) is 0.700. The second-order valence-corrected chi connectivity index (χ2v) is 11.4. The quantitative estimate of drug-likeness (QED) is 0.405. The van der Waals surface area contributed by atoms with Crippen LogP contribution >= 0.6 is 23.4 Å². The molecule has 37 heavy (non-hydrogen) atoms. The Morgan fingerprint density at radius 1 is 1.30 bits per heavy atom. The van der Waals surface area contributed by atoms with E-state index in [1.54, 1.807) is 19.4 Å². The zero-order chi connectivity index (χ0) is 25.7. The van der Waals surface area contributed by atoms with E-state index in [4.69, 9.17) is 16.3 Å². The van der Waals surface area contributed by atoms with E-state index in [-0.39, 0.29) is 17.8 Å². The molecule has 2 aromatic carbocycles. The van der Waals surface area contributed by atoms with Crippen LogP contribution in [0, 0.1) is 5.82 Å². The Hall–Kier alpha value is -2.43. The first-order valence-electron chi connectivity index (χ1n) is 12.4. The fraction of sp³-hybridized carbons (Fsp3) is 0.407. The van der Waals surface area contributed by atoms with Crippen molar-refractivity contribution in [2.45, 2.75) is 54.9 Å². The normalized spacial score (nSPS) is 23.8. The monoisotopic (exact) mass is 542 g/mol. The molecule has 3 aromatic rings. The van der Waals surface area contributed by atoms with Crippen molar-refractivity contribution in [1.82, 2.24) is 15.2 Å². The molecular weight excluding hydrogens is 515 g/mol. The summed E-state index contributed by atoms with van der Waals surface area (Å²) in [5.41, 5.74) is 2.69. The van der Waals surface area contributed by atoms with E-state index in [0.717, 1.165) is 35.1 Å². The molecule has 1 amide bonds. The number of halogens is 2. The number of aliphatic hydroxyl groups excluding tert-OH is 1. The van der Waals surface area contributed by atoms with E-state index >= 15 is 0 Å². The number of aliphatic hydroxyl groups is 1. The van der Waals surface area contributed by atoms with Gasteiger partial charge in [0.15, 0.2) is 0 Å². The Balaban J connectivity index is 1.10. The predicted octanol–water partition coefficient (Wildman–Crippen LogP) is 4.51. The highest BCUT2D eigenvalue weighted by atomic mass is 35.5. The van der Waals surface area contributed by atoms with Gasteiger partial charge in [-0.1, -0.05) is 11.6 Å². The molecule has 3 aliphatic heterocycles. The van der Waals surface area contributed by atoms with Crippen LogP contribution in [0.25, 0.3) is 10.9 Å². The fourth-order valence-corrected chi connectivity index (χ4v) is 6.97. The lowest BCUT2D eigenvalue weighted by Gasteiger charge is -2.56. The third-order valence-corrected chi connectivity index (χ3v) is 9.10. The third-order valence-electron chi connectivity index (χ3n) is 7.74. The minimum absolute atomic E-state index is 0.0575. The molecule has 3 fully saturated rings. The minimum Gasteiger partial charge on any atom is -0.497 e. The number of methoxy groups -OCH3 is 1. The number of ether oxygens (including phenoxy) is 1. The van der Waals surface area contributed by atoms with Crippen LogP contribution in [0.1, 0.15) is 36.5 Å². The van der Waals surface area contributed by atoms with E-state index in [9.17, 15) is 14.3 Å². The van der Waals surface area contributed by atoms with Crippen LogP contribution in [0.5, 0.6) is 5.75 Å². The molecule has 1 saturated carbocycles. The van der Waals surface area contributed by atoms with Crippen LogP contribution < -0.4 is 15.4 Å². The molecule has 7 nitrogen and oxygen atoms in total. The molecule has 4 heterocycles. The molecule has 3 atom stereocenters. The van der Waals surface area contributed by atoms with E-state index in [1.807, 2.05) is 18.2 Å². The van der Waals surface area contributed by atoms with Gasteiger partial charge >= 0.3 is 0 Å². The van der Waals surface area contributed by atoms with E-state index in [1.165, 1.54) is 17.8 Å². The molecule has 194 valence electrons. The fourth-order valence-electron chi connectivity index (χ4n) is 5.89. The van der Waals surface area contributed by atoms with Gasteiger partial charge in [0.25, 0.3) is 0 Å². The summed E-state index contributed by atoms with van der Waals surface area (Å²) < 4.78 is 20.0. The largest absolute Gasteiger partial charge is 0.497 e. The Kier molecular flexibility index (Phi) is 6.75. The van der Waals surface area contributed by atoms with Crippen LogP contribution in [0.2, 0.25) is 5.02 Å². The van der Waals surface area contributed by atoms with Gasteiger partial charge in [-0.3, -0.25) is 14.7 Å². The SMILES string of the molecule is COc1ccc2ncc(Cl)c(C(O)CN3C4CC(NCc5cc6c(cc5F)SCC(=O)N6)CC3C4)c2c1. The number of carbonyl (C=O) groups excluding carboxylic acids is 1. The molecule has 3 N–H and O–H groups in total. The van der Waals surface area contributed by atoms with Gasteiger partial charge in [0.05, 0.1) is 35.2 Å². The van der Waals surface area contributed by atoms with Crippen LogP contribution in [0.15, 0.2) is 41.4 Å². The number of hydrogen-bond acceptors (Lipinski definition) is 7.